The zero-order valence-electron chi connectivity index (χ0n) is 10.9. The Balaban J connectivity index is 2.20. The standard InChI is InChI=1S/C15H16Cl2N2/c1-9-7-12(4-6-15(9)18)19-10(2)13-5-3-11(16)8-14(13)17/h3-8,10,19H,18H2,1-2H3. The average molecular weight is 295 g/mol. The largest absolute Gasteiger partial charge is 0.399 e. The van der Waals surface area contributed by atoms with Crippen LogP contribution in [0.2, 0.25) is 10.0 Å². The van der Waals surface area contributed by atoms with Gasteiger partial charge in [-0.1, -0.05) is 29.3 Å². The topological polar surface area (TPSA) is 38.0 Å². The Kier molecular flexibility index (Phi) is 4.23. The summed E-state index contributed by atoms with van der Waals surface area (Å²) in [6, 6.07) is 11.5. The smallest absolute Gasteiger partial charge is 0.0500 e. The molecular formula is C15H16Cl2N2. The van der Waals surface area contributed by atoms with E-state index in [0.717, 1.165) is 22.5 Å². The van der Waals surface area contributed by atoms with Crippen molar-refractivity contribution in [2.45, 2.75) is 19.9 Å². The lowest BCUT2D eigenvalue weighted by atomic mass is 10.1. The summed E-state index contributed by atoms with van der Waals surface area (Å²) in [6.07, 6.45) is 0. The highest BCUT2D eigenvalue weighted by Crippen LogP contribution is 2.29. The number of hydrogen-bond acceptors (Lipinski definition) is 2. The van der Waals surface area contributed by atoms with Crippen molar-refractivity contribution in [3.8, 4) is 0 Å². The lowest BCUT2D eigenvalue weighted by Gasteiger charge is -2.18. The Morgan fingerprint density at radius 2 is 1.84 bits per heavy atom. The molecule has 100 valence electrons. The number of nitrogens with one attached hydrogen (secondary N) is 1. The minimum Gasteiger partial charge on any atom is -0.399 e. The van der Waals surface area contributed by atoms with Gasteiger partial charge in [-0.2, -0.15) is 0 Å². The summed E-state index contributed by atoms with van der Waals surface area (Å²) < 4.78 is 0. The van der Waals surface area contributed by atoms with E-state index >= 15 is 0 Å². The van der Waals surface area contributed by atoms with Gasteiger partial charge in [0.25, 0.3) is 0 Å². The summed E-state index contributed by atoms with van der Waals surface area (Å²) in [7, 11) is 0. The quantitative estimate of drug-likeness (QED) is 0.777. The first-order valence-electron chi connectivity index (χ1n) is 6.05. The first-order valence-corrected chi connectivity index (χ1v) is 6.80. The molecule has 0 fully saturated rings. The van der Waals surface area contributed by atoms with Crippen LogP contribution in [0.15, 0.2) is 36.4 Å². The molecular weight excluding hydrogens is 279 g/mol. The van der Waals surface area contributed by atoms with E-state index in [1.807, 2.05) is 37.3 Å². The second-order valence-electron chi connectivity index (χ2n) is 4.60. The number of nitrogen functional groups attached to an aromatic ring is 1. The summed E-state index contributed by atoms with van der Waals surface area (Å²) >= 11 is 12.1. The number of hydrogen-bond donors (Lipinski definition) is 2. The number of nitrogens with two attached hydrogens (primary N) is 1. The number of anilines is 2. The van der Waals surface area contributed by atoms with Crippen LogP contribution in [0.3, 0.4) is 0 Å². The molecule has 0 aliphatic carbocycles. The van der Waals surface area contributed by atoms with Gasteiger partial charge in [0, 0.05) is 27.5 Å². The molecule has 2 aromatic carbocycles. The molecule has 19 heavy (non-hydrogen) atoms. The van der Waals surface area contributed by atoms with Gasteiger partial charge in [-0.15, -0.1) is 0 Å². The third-order valence-electron chi connectivity index (χ3n) is 3.08. The molecule has 2 rings (SSSR count). The maximum Gasteiger partial charge on any atom is 0.0500 e. The molecule has 0 spiro atoms. The molecule has 2 nitrogen and oxygen atoms in total. The lowest BCUT2D eigenvalue weighted by molar-refractivity contribution is 0.885. The van der Waals surface area contributed by atoms with Gasteiger partial charge in [0.15, 0.2) is 0 Å². The second-order valence-corrected chi connectivity index (χ2v) is 5.45. The molecule has 4 heteroatoms. The van der Waals surface area contributed by atoms with Gasteiger partial charge in [-0.25, -0.2) is 0 Å². The van der Waals surface area contributed by atoms with Crippen molar-refractivity contribution in [1.82, 2.24) is 0 Å². The van der Waals surface area contributed by atoms with Crippen molar-refractivity contribution in [3.05, 3.63) is 57.6 Å². The Morgan fingerprint density at radius 3 is 2.47 bits per heavy atom. The van der Waals surface area contributed by atoms with Crippen LogP contribution in [0.4, 0.5) is 11.4 Å². The van der Waals surface area contributed by atoms with Crippen LogP contribution in [-0.2, 0) is 0 Å². The Labute approximate surface area is 123 Å². The summed E-state index contributed by atoms with van der Waals surface area (Å²) in [5.41, 5.74) is 9.69. The molecule has 0 saturated heterocycles. The summed E-state index contributed by atoms with van der Waals surface area (Å²) in [5, 5.41) is 4.71. The number of aryl methyl sites for hydroxylation is 1. The maximum absolute atomic E-state index is 6.20. The van der Waals surface area contributed by atoms with Crippen molar-refractivity contribution >= 4 is 34.6 Å². The van der Waals surface area contributed by atoms with E-state index in [1.54, 1.807) is 6.07 Å². The highest BCUT2D eigenvalue weighted by molar-refractivity contribution is 6.35. The zero-order valence-corrected chi connectivity index (χ0v) is 12.4. The van der Waals surface area contributed by atoms with Crippen LogP contribution >= 0.6 is 23.2 Å². The fourth-order valence-electron chi connectivity index (χ4n) is 1.95. The first-order chi connectivity index (χ1) is 8.97. The highest BCUT2D eigenvalue weighted by atomic mass is 35.5. The minimum atomic E-state index is 0.0905. The summed E-state index contributed by atoms with van der Waals surface area (Å²) in [4.78, 5) is 0. The van der Waals surface area contributed by atoms with Crippen LogP contribution in [-0.4, -0.2) is 0 Å². The van der Waals surface area contributed by atoms with Crippen LogP contribution in [0.1, 0.15) is 24.1 Å². The molecule has 3 N–H and O–H groups in total. The fourth-order valence-corrected chi connectivity index (χ4v) is 2.52. The molecule has 0 aromatic heterocycles. The van der Waals surface area contributed by atoms with Gasteiger partial charge >= 0.3 is 0 Å². The van der Waals surface area contributed by atoms with E-state index in [9.17, 15) is 0 Å². The molecule has 0 bridgehead atoms. The molecule has 0 radical (unpaired) electrons. The van der Waals surface area contributed by atoms with E-state index in [-0.39, 0.29) is 6.04 Å². The molecule has 0 amide bonds. The molecule has 2 aromatic rings. The average Bonchev–Trinajstić information content (AvgIpc) is 2.33. The van der Waals surface area contributed by atoms with Crippen LogP contribution in [0, 0.1) is 6.92 Å². The van der Waals surface area contributed by atoms with Crippen molar-refractivity contribution in [1.29, 1.82) is 0 Å². The molecule has 0 heterocycles. The normalized spacial score (nSPS) is 12.2. The zero-order chi connectivity index (χ0) is 14.0. The van der Waals surface area contributed by atoms with Crippen molar-refractivity contribution in [2.75, 3.05) is 11.1 Å². The van der Waals surface area contributed by atoms with Crippen molar-refractivity contribution < 1.29 is 0 Å². The van der Waals surface area contributed by atoms with E-state index < -0.39 is 0 Å². The van der Waals surface area contributed by atoms with E-state index in [2.05, 4.69) is 12.2 Å². The predicted molar refractivity (Wildman–Crippen MR) is 84.1 cm³/mol. The first kappa shape index (κ1) is 14.0. The number of halogens is 2. The highest BCUT2D eigenvalue weighted by Gasteiger charge is 2.10. The van der Waals surface area contributed by atoms with Crippen LogP contribution in [0.5, 0.6) is 0 Å². The van der Waals surface area contributed by atoms with Gasteiger partial charge in [0.1, 0.15) is 0 Å². The third kappa shape index (κ3) is 3.34. The fraction of sp³-hybridized carbons (Fsp3) is 0.200. The van der Waals surface area contributed by atoms with Crippen LogP contribution in [0.25, 0.3) is 0 Å². The number of rotatable bonds is 3. The lowest BCUT2D eigenvalue weighted by Crippen LogP contribution is -2.07. The predicted octanol–water partition coefficient (Wildman–Crippen LogP) is 5.06. The Bertz CT molecular complexity index is 597. The van der Waals surface area contributed by atoms with E-state index in [0.29, 0.717) is 10.0 Å². The van der Waals surface area contributed by atoms with Gasteiger partial charge in [0.2, 0.25) is 0 Å². The summed E-state index contributed by atoms with van der Waals surface area (Å²) in [6.45, 7) is 4.04. The van der Waals surface area contributed by atoms with Gasteiger partial charge in [0.05, 0.1) is 0 Å². The molecule has 1 atom stereocenters. The number of benzene rings is 2. The minimum absolute atomic E-state index is 0.0905. The van der Waals surface area contributed by atoms with Gasteiger partial charge in [-0.3, -0.25) is 0 Å². The Morgan fingerprint density at radius 1 is 1.11 bits per heavy atom. The third-order valence-corrected chi connectivity index (χ3v) is 3.64. The van der Waals surface area contributed by atoms with Crippen molar-refractivity contribution in [2.24, 2.45) is 0 Å². The summed E-state index contributed by atoms with van der Waals surface area (Å²) in [5.74, 6) is 0. The molecule has 0 aliphatic heterocycles. The SMILES string of the molecule is Cc1cc(NC(C)c2ccc(Cl)cc2Cl)ccc1N. The van der Waals surface area contributed by atoms with Crippen molar-refractivity contribution in [3.63, 3.8) is 0 Å². The van der Waals surface area contributed by atoms with Gasteiger partial charge < -0.3 is 11.1 Å². The maximum atomic E-state index is 6.20. The molecule has 0 saturated carbocycles. The van der Waals surface area contributed by atoms with E-state index in [4.69, 9.17) is 28.9 Å². The van der Waals surface area contributed by atoms with Gasteiger partial charge in [-0.05, 0) is 55.3 Å². The molecule has 1 unspecified atom stereocenters. The van der Waals surface area contributed by atoms with Crippen LogP contribution < -0.4 is 11.1 Å². The second kappa shape index (κ2) is 5.72. The van der Waals surface area contributed by atoms with E-state index in [1.165, 1.54) is 0 Å². The Hall–Kier alpha value is -1.38. The monoisotopic (exact) mass is 294 g/mol. The molecule has 0 aliphatic rings.